The molecule has 1 aromatic carbocycles. The molecule has 1 aliphatic heterocycles. The maximum Gasteiger partial charge on any atom is 0.263 e. The second kappa shape index (κ2) is 7.75. The lowest BCUT2D eigenvalue weighted by molar-refractivity contribution is -0.130. The number of rotatable bonds is 5. The Balaban J connectivity index is 1.73. The van der Waals surface area contributed by atoms with E-state index in [0.29, 0.717) is 11.4 Å². The number of halogens is 2. The average Bonchev–Trinajstić information content (AvgIpc) is 3.22. The summed E-state index contributed by atoms with van der Waals surface area (Å²) in [7, 11) is 1.67. The molecule has 1 saturated heterocycles. The molecule has 0 bridgehead atoms. The lowest BCUT2D eigenvalue weighted by Crippen LogP contribution is -2.39. The highest BCUT2D eigenvalue weighted by Gasteiger charge is 2.39. The Morgan fingerprint density at radius 2 is 2.08 bits per heavy atom. The summed E-state index contributed by atoms with van der Waals surface area (Å²) in [6, 6.07) is 6.95. The summed E-state index contributed by atoms with van der Waals surface area (Å²) in [6.07, 6.45) is 0. The third-order valence-electron chi connectivity index (χ3n) is 4.23. The molecule has 2 amide bonds. The number of hydrogen-bond acceptors (Lipinski definition) is 4. The first kappa shape index (κ1) is 18.8. The number of carbonyl (C=O) groups excluding carboxylic acids is 2. The van der Waals surface area contributed by atoms with Crippen LogP contribution in [0.5, 0.6) is 0 Å². The van der Waals surface area contributed by atoms with Crippen LogP contribution in [0.2, 0.25) is 0 Å². The van der Waals surface area contributed by atoms with E-state index in [2.05, 4.69) is 0 Å². The zero-order valence-electron chi connectivity index (χ0n) is 14.3. The summed E-state index contributed by atoms with van der Waals surface area (Å²) >= 11 is 2.68. The summed E-state index contributed by atoms with van der Waals surface area (Å²) < 4.78 is 27.4. The first-order valence-electron chi connectivity index (χ1n) is 8.08. The molecule has 0 spiro atoms. The first-order chi connectivity index (χ1) is 12.4. The Bertz CT molecular complexity index is 814. The van der Waals surface area contributed by atoms with E-state index in [-0.39, 0.29) is 29.2 Å². The van der Waals surface area contributed by atoms with E-state index in [4.69, 9.17) is 0 Å². The molecular formula is C18H18F2N2O2S2. The van der Waals surface area contributed by atoms with E-state index in [1.54, 1.807) is 35.9 Å². The number of hydrogen-bond donors (Lipinski definition) is 0. The Morgan fingerprint density at radius 1 is 1.31 bits per heavy atom. The fraction of sp³-hybridized carbons (Fsp3) is 0.333. The molecule has 4 nitrogen and oxygen atoms in total. The Hall–Kier alpha value is -1.93. The Kier molecular flexibility index (Phi) is 5.62. The predicted octanol–water partition coefficient (Wildman–Crippen LogP) is 3.76. The van der Waals surface area contributed by atoms with Gasteiger partial charge in [0.1, 0.15) is 17.0 Å². The van der Waals surface area contributed by atoms with Crippen LogP contribution in [0.25, 0.3) is 0 Å². The number of carbonyl (C=O) groups is 2. The van der Waals surface area contributed by atoms with Crippen molar-refractivity contribution in [2.45, 2.75) is 17.5 Å². The van der Waals surface area contributed by atoms with E-state index in [1.165, 1.54) is 35.2 Å². The van der Waals surface area contributed by atoms with Crippen molar-refractivity contribution in [2.24, 2.45) is 0 Å². The van der Waals surface area contributed by atoms with E-state index in [0.717, 1.165) is 6.07 Å². The summed E-state index contributed by atoms with van der Waals surface area (Å²) in [6.45, 7) is 2.38. The molecule has 0 radical (unpaired) electrons. The number of thioether (sulfide) groups is 1. The van der Waals surface area contributed by atoms with Crippen molar-refractivity contribution in [1.29, 1.82) is 0 Å². The number of nitrogens with zero attached hydrogens (tertiary/aromatic N) is 2. The van der Waals surface area contributed by atoms with E-state index in [9.17, 15) is 18.4 Å². The van der Waals surface area contributed by atoms with Crippen molar-refractivity contribution in [1.82, 2.24) is 9.80 Å². The largest absolute Gasteiger partial charge is 0.339 e. The summed E-state index contributed by atoms with van der Waals surface area (Å²) in [5, 5.41) is 0.989. The van der Waals surface area contributed by atoms with Crippen LogP contribution in [0.1, 0.15) is 27.5 Å². The molecule has 3 rings (SSSR count). The average molecular weight is 396 g/mol. The standard InChI is InChI=1S/C18H18F2N2O2S2/c1-11-16(23)22(8-7-21(2)17(24)15-4-3-9-25-15)18(26-11)13-6-5-12(19)10-14(13)20/h3-6,9-11,18H,7-8H2,1-2H3/t11-,18+/m0/s1. The van der Waals surface area contributed by atoms with Crippen LogP contribution in [0.4, 0.5) is 8.78 Å². The molecule has 8 heteroatoms. The van der Waals surface area contributed by atoms with Crippen molar-refractivity contribution in [3.05, 3.63) is 57.8 Å². The molecule has 0 unspecified atom stereocenters. The Morgan fingerprint density at radius 3 is 2.73 bits per heavy atom. The molecule has 0 aliphatic carbocycles. The van der Waals surface area contributed by atoms with Gasteiger partial charge < -0.3 is 9.80 Å². The van der Waals surface area contributed by atoms with Crippen molar-refractivity contribution >= 4 is 34.9 Å². The lowest BCUT2D eigenvalue weighted by atomic mass is 10.2. The van der Waals surface area contributed by atoms with Crippen LogP contribution in [-0.2, 0) is 4.79 Å². The van der Waals surface area contributed by atoms with Crippen LogP contribution in [0.3, 0.4) is 0 Å². The van der Waals surface area contributed by atoms with Crippen molar-refractivity contribution in [3.8, 4) is 0 Å². The second-order valence-corrected chi connectivity index (χ2v) is 8.41. The highest BCUT2D eigenvalue weighted by Crippen LogP contribution is 2.43. The van der Waals surface area contributed by atoms with Crippen molar-refractivity contribution in [2.75, 3.05) is 20.1 Å². The smallest absolute Gasteiger partial charge is 0.263 e. The maximum atomic E-state index is 14.2. The van der Waals surface area contributed by atoms with Gasteiger partial charge >= 0.3 is 0 Å². The van der Waals surface area contributed by atoms with Crippen LogP contribution in [-0.4, -0.2) is 47.0 Å². The van der Waals surface area contributed by atoms with Gasteiger partial charge in [-0.25, -0.2) is 8.78 Å². The quantitative estimate of drug-likeness (QED) is 0.773. The summed E-state index contributed by atoms with van der Waals surface area (Å²) in [5.41, 5.74) is 0.279. The summed E-state index contributed by atoms with van der Waals surface area (Å²) in [4.78, 5) is 28.5. The number of likely N-dealkylation sites (N-methyl/N-ethyl adjacent to an activating group) is 1. The van der Waals surface area contributed by atoms with Crippen LogP contribution in [0.15, 0.2) is 35.7 Å². The van der Waals surface area contributed by atoms with Gasteiger partial charge in [-0.2, -0.15) is 0 Å². The molecular weight excluding hydrogens is 378 g/mol. The minimum Gasteiger partial charge on any atom is -0.339 e. The molecule has 1 fully saturated rings. The van der Waals surface area contributed by atoms with Gasteiger partial charge in [-0.3, -0.25) is 9.59 Å². The van der Waals surface area contributed by atoms with Crippen molar-refractivity contribution < 1.29 is 18.4 Å². The Labute approximate surface area is 158 Å². The van der Waals surface area contributed by atoms with Gasteiger partial charge in [0, 0.05) is 31.8 Å². The normalized spacial score (nSPS) is 19.8. The third-order valence-corrected chi connectivity index (χ3v) is 6.46. The molecule has 2 atom stereocenters. The van der Waals surface area contributed by atoms with Crippen LogP contribution >= 0.6 is 23.1 Å². The van der Waals surface area contributed by atoms with Crippen LogP contribution < -0.4 is 0 Å². The lowest BCUT2D eigenvalue weighted by Gasteiger charge is -2.27. The van der Waals surface area contributed by atoms with Crippen molar-refractivity contribution in [3.63, 3.8) is 0 Å². The molecule has 138 valence electrons. The van der Waals surface area contributed by atoms with Gasteiger partial charge in [0.2, 0.25) is 5.91 Å². The minimum absolute atomic E-state index is 0.110. The molecule has 2 aromatic rings. The molecule has 0 saturated carbocycles. The molecule has 2 heterocycles. The maximum absolute atomic E-state index is 14.2. The van der Waals surface area contributed by atoms with Gasteiger partial charge in [-0.05, 0) is 24.4 Å². The number of thiophene rings is 1. The SMILES string of the molecule is C[C@@H]1S[C@H](c2ccc(F)cc2F)N(CCN(C)C(=O)c2cccs2)C1=O. The number of amides is 2. The molecule has 26 heavy (non-hydrogen) atoms. The van der Waals surface area contributed by atoms with Gasteiger partial charge in [0.15, 0.2) is 0 Å². The predicted molar refractivity (Wildman–Crippen MR) is 99.1 cm³/mol. The van der Waals surface area contributed by atoms with E-state index in [1.807, 2.05) is 5.38 Å². The molecule has 1 aliphatic rings. The molecule has 0 N–H and O–H groups in total. The minimum atomic E-state index is -0.669. The monoisotopic (exact) mass is 396 g/mol. The topological polar surface area (TPSA) is 40.6 Å². The van der Waals surface area contributed by atoms with Gasteiger partial charge in [-0.15, -0.1) is 23.1 Å². The number of benzene rings is 1. The van der Waals surface area contributed by atoms with Gasteiger partial charge in [0.25, 0.3) is 5.91 Å². The zero-order valence-corrected chi connectivity index (χ0v) is 15.9. The zero-order chi connectivity index (χ0) is 18.8. The fourth-order valence-electron chi connectivity index (χ4n) is 2.79. The molecule has 1 aromatic heterocycles. The van der Waals surface area contributed by atoms with E-state index >= 15 is 0 Å². The second-order valence-electron chi connectivity index (χ2n) is 6.03. The highest BCUT2D eigenvalue weighted by molar-refractivity contribution is 8.01. The van der Waals surface area contributed by atoms with Gasteiger partial charge in [-0.1, -0.05) is 12.1 Å². The van der Waals surface area contributed by atoms with E-state index < -0.39 is 17.0 Å². The van der Waals surface area contributed by atoms with Gasteiger partial charge in [0.05, 0.1) is 10.1 Å². The fourth-order valence-corrected chi connectivity index (χ4v) is 4.84. The summed E-state index contributed by atoms with van der Waals surface area (Å²) in [5.74, 6) is -1.54. The first-order valence-corrected chi connectivity index (χ1v) is 9.90. The third kappa shape index (κ3) is 3.76. The van der Waals surface area contributed by atoms with Crippen LogP contribution in [0, 0.1) is 11.6 Å². The highest BCUT2D eigenvalue weighted by atomic mass is 32.2.